The molecule has 162 valence electrons. The third-order valence-electron chi connectivity index (χ3n) is 4.72. The van der Waals surface area contributed by atoms with Crippen molar-refractivity contribution in [2.75, 3.05) is 26.2 Å². The molecule has 3 aromatic rings. The molecule has 0 saturated heterocycles. The highest BCUT2D eigenvalue weighted by Crippen LogP contribution is 2.08. The monoisotopic (exact) mass is 418 g/mol. The minimum Gasteiger partial charge on any atom is -0.357 e. The molecule has 2 aromatic carbocycles. The fourth-order valence-corrected chi connectivity index (χ4v) is 3.10. The molecule has 3 N–H and O–H groups in total. The Hall–Kier alpha value is -3.61. The summed E-state index contributed by atoms with van der Waals surface area (Å²) in [5.41, 5.74) is 3.46. The molecule has 0 bridgehead atoms. The Bertz CT molecular complexity index is 936. The fourth-order valence-electron chi connectivity index (χ4n) is 3.10. The maximum absolute atomic E-state index is 12.1. The van der Waals surface area contributed by atoms with Crippen molar-refractivity contribution in [2.24, 2.45) is 4.99 Å². The molecule has 0 fully saturated rings. The number of hydrogen-bond donors (Lipinski definition) is 3. The molecule has 3 rings (SSSR count). The summed E-state index contributed by atoms with van der Waals surface area (Å²) in [7, 11) is 0. The zero-order valence-electron chi connectivity index (χ0n) is 17.9. The first kappa shape index (κ1) is 22.1. The molecule has 7 nitrogen and oxygen atoms in total. The smallest absolute Gasteiger partial charge is 0.241 e. The second kappa shape index (κ2) is 12.2. The molecule has 1 aromatic heterocycles. The Kier molecular flexibility index (Phi) is 8.67. The van der Waals surface area contributed by atoms with Crippen molar-refractivity contribution in [2.45, 2.75) is 19.8 Å². The van der Waals surface area contributed by atoms with Crippen molar-refractivity contribution in [3.8, 4) is 5.69 Å². The molecule has 0 spiro atoms. The zero-order valence-corrected chi connectivity index (χ0v) is 17.9. The van der Waals surface area contributed by atoms with Crippen LogP contribution in [0.25, 0.3) is 5.69 Å². The molecule has 0 unspecified atom stereocenters. The van der Waals surface area contributed by atoms with Crippen LogP contribution in [-0.4, -0.2) is 47.8 Å². The topological polar surface area (TPSA) is 83.3 Å². The number of hydrogen-bond acceptors (Lipinski definition) is 3. The maximum atomic E-state index is 12.1. The van der Waals surface area contributed by atoms with Gasteiger partial charge in [-0.25, -0.2) is 9.67 Å². The van der Waals surface area contributed by atoms with Crippen LogP contribution in [0.3, 0.4) is 0 Å². The number of aliphatic imine (C=N–C) groups is 1. The van der Waals surface area contributed by atoms with Crippen LogP contribution in [0.1, 0.15) is 18.1 Å². The Balaban J connectivity index is 1.40. The highest BCUT2D eigenvalue weighted by atomic mass is 16.1. The van der Waals surface area contributed by atoms with Crippen LogP contribution in [0, 0.1) is 0 Å². The van der Waals surface area contributed by atoms with Gasteiger partial charge in [0.25, 0.3) is 0 Å². The maximum Gasteiger partial charge on any atom is 0.241 e. The van der Waals surface area contributed by atoms with E-state index in [2.05, 4.69) is 62.4 Å². The first-order valence-electron chi connectivity index (χ1n) is 10.7. The molecule has 7 heteroatoms. The van der Waals surface area contributed by atoms with Gasteiger partial charge in [-0.1, -0.05) is 42.5 Å². The van der Waals surface area contributed by atoms with Crippen molar-refractivity contribution >= 4 is 11.9 Å². The second-order valence-electron chi connectivity index (χ2n) is 7.07. The van der Waals surface area contributed by atoms with Crippen LogP contribution >= 0.6 is 0 Å². The average molecular weight is 419 g/mol. The van der Waals surface area contributed by atoms with Crippen molar-refractivity contribution < 1.29 is 4.79 Å². The third-order valence-corrected chi connectivity index (χ3v) is 4.72. The molecule has 0 radical (unpaired) electrons. The predicted octanol–water partition coefficient (Wildman–Crippen LogP) is 2.33. The zero-order chi connectivity index (χ0) is 21.7. The average Bonchev–Trinajstić information content (AvgIpc) is 3.34. The quantitative estimate of drug-likeness (QED) is 0.349. The van der Waals surface area contributed by atoms with Crippen LogP contribution in [0.15, 0.2) is 78.0 Å². The Morgan fingerprint density at radius 3 is 2.29 bits per heavy atom. The largest absolute Gasteiger partial charge is 0.357 e. The van der Waals surface area contributed by atoms with Gasteiger partial charge < -0.3 is 16.0 Å². The number of rotatable bonds is 10. The van der Waals surface area contributed by atoms with E-state index in [4.69, 9.17) is 0 Å². The van der Waals surface area contributed by atoms with E-state index in [1.807, 2.05) is 42.1 Å². The van der Waals surface area contributed by atoms with Gasteiger partial charge in [-0.05, 0) is 49.1 Å². The van der Waals surface area contributed by atoms with Crippen LogP contribution in [-0.2, 0) is 17.6 Å². The lowest BCUT2D eigenvalue weighted by atomic mass is 10.1. The van der Waals surface area contributed by atoms with E-state index in [1.54, 1.807) is 6.20 Å². The molecular weight excluding hydrogens is 388 g/mol. The fraction of sp³-hybridized carbons (Fsp3) is 0.292. The summed E-state index contributed by atoms with van der Waals surface area (Å²) in [5.74, 6) is 0.566. The SMILES string of the molecule is CCNC(=NCC(=O)NCCc1ccccc1)NCCc1ccc(-n2cccn2)cc1. The molecular formula is C24H30N6O. The first-order valence-corrected chi connectivity index (χ1v) is 10.7. The normalized spacial score (nSPS) is 11.2. The molecule has 0 atom stereocenters. The molecule has 31 heavy (non-hydrogen) atoms. The summed E-state index contributed by atoms with van der Waals surface area (Å²) in [5, 5.41) is 13.6. The molecule has 1 amide bonds. The number of carbonyl (C=O) groups is 1. The van der Waals surface area contributed by atoms with Gasteiger partial charge in [-0.2, -0.15) is 5.10 Å². The van der Waals surface area contributed by atoms with E-state index in [-0.39, 0.29) is 12.5 Å². The van der Waals surface area contributed by atoms with Crippen LogP contribution in [0.5, 0.6) is 0 Å². The number of carbonyl (C=O) groups excluding carboxylic acids is 1. The minimum atomic E-state index is -0.0812. The summed E-state index contributed by atoms with van der Waals surface area (Å²) in [4.78, 5) is 16.5. The number of guanidine groups is 1. The van der Waals surface area contributed by atoms with Crippen molar-refractivity contribution in [3.63, 3.8) is 0 Å². The van der Waals surface area contributed by atoms with Crippen LogP contribution in [0.4, 0.5) is 0 Å². The summed E-state index contributed by atoms with van der Waals surface area (Å²) < 4.78 is 1.84. The molecule has 1 heterocycles. The van der Waals surface area contributed by atoms with Crippen LogP contribution < -0.4 is 16.0 Å². The summed E-state index contributed by atoms with van der Waals surface area (Å²) >= 11 is 0. The second-order valence-corrected chi connectivity index (χ2v) is 7.07. The number of aromatic nitrogens is 2. The van der Waals surface area contributed by atoms with Gasteiger partial charge in [0.05, 0.1) is 5.69 Å². The van der Waals surface area contributed by atoms with Gasteiger partial charge in [-0.3, -0.25) is 4.79 Å². The van der Waals surface area contributed by atoms with E-state index in [1.165, 1.54) is 11.1 Å². The Labute approximate surface area is 183 Å². The Morgan fingerprint density at radius 1 is 0.903 bits per heavy atom. The first-order chi connectivity index (χ1) is 15.2. The summed E-state index contributed by atoms with van der Waals surface area (Å²) in [6.45, 7) is 4.17. The van der Waals surface area contributed by atoms with Gasteiger partial charge in [0.15, 0.2) is 5.96 Å². The highest BCUT2D eigenvalue weighted by molar-refractivity contribution is 5.84. The molecule has 0 aliphatic heterocycles. The van der Waals surface area contributed by atoms with E-state index < -0.39 is 0 Å². The van der Waals surface area contributed by atoms with Crippen molar-refractivity contribution in [1.29, 1.82) is 0 Å². The van der Waals surface area contributed by atoms with Gasteiger partial charge in [0.2, 0.25) is 5.91 Å². The Morgan fingerprint density at radius 2 is 1.61 bits per heavy atom. The van der Waals surface area contributed by atoms with Gasteiger partial charge >= 0.3 is 0 Å². The molecule has 0 aliphatic carbocycles. The van der Waals surface area contributed by atoms with Gasteiger partial charge in [-0.15, -0.1) is 0 Å². The number of nitrogens with one attached hydrogen (secondary N) is 3. The van der Waals surface area contributed by atoms with Gasteiger partial charge in [0, 0.05) is 32.0 Å². The van der Waals surface area contributed by atoms with E-state index in [9.17, 15) is 4.79 Å². The van der Waals surface area contributed by atoms with E-state index in [0.717, 1.165) is 31.6 Å². The van der Waals surface area contributed by atoms with Crippen LogP contribution in [0.2, 0.25) is 0 Å². The highest BCUT2D eigenvalue weighted by Gasteiger charge is 2.03. The number of nitrogens with zero attached hydrogens (tertiary/aromatic N) is 3. The van der Waals surface area contributed by atoms with Crippen molar-refractivity contribution in [3.05, 3.63) is 84.2 Å². The van der Waals surface area contributed by atoms with Crippen molar-refractivity contribution in [1.82, 2.24) is 25.7 Å². The number of amides is 1. The molecule has 0 saturated carbocycles. The predicted molar refractivity (Wildman–Crippen MR) is 124 cm³/mol. The lowest BCUT2D eigenvalue weighted by Crippen LogP contribution is -2.39. The third kappa shape index (κ3) is 7.62. The summed E-state index contributed by atoms with van der Waals surface area (Å²) in [6.07, 6.45) is 5.36. The summed E-state index contributed by atoms with van der Waals surface area (Å²) in [6, 6.07) is 20.3. The van der Waals surface area contributed by atoms with E-state index in [0.29, 0.717) is 12.5 Å². The minimum absolute atomic E-state index is 0.0812. The lowest BCUT2D eigenvalue weighted by molar-refractivity contribution is -0.119. The number of benzene rings is 2. The molecule has 0 aliphatic rings. The van der Waals surface area contributed by atoms with Gasteiger partial charge in [0.1, 0.15) is 6.54 Å². The standard InChI is InChI=1S/C24H30N6O/c1-2-25-24(28-19-23(31)26-16-13-20-7-4-3-5-8-20)27-17-14-21-9-11-22(12-10-21)30-18-6-15-29-30/h3-12,15,18H,2,13-14,16-17,19H2,1H3,(H,26,31)(H2,25,27,28). The van der Waals surface area contributed by atoms with E-state index >= 15 is 0 Å². The lowest BCUT2D eigenvalue weighted by Gasteiger charge is -2.12.